The second kappa shape index (κ2) is 17.4. The standard InChI is InChI=1S/C37H48N8O10S/c1-20(2)29(41-36(50)54-5)34(48)44-17-7-9-26(44)32(46)38-23-13-11-22(12-14-23)31-40-25-16-15-24(19-28(25)56(52,53)43-31)39-33(47)27-10-8-18-45(27)35(49)30(21(3)4)42-37(51)55-6/h11-16,19-21,26-27,29-30H,7-10,17-18H2,1-6H3,(H,38,46)(H,39,47)(H,40,43)(H,41,50)(H,42,51)/t26-,27-,29-,30-/m0/s1. The molecule has 2 aromatic rings. The van der Waals surface area contributed by atoms with Crippen LogP contribution >= 0.6 is 0 Å². The molecule has 4 atom stereocenters. The molecule has 2 fully saturated rings. The van der Waals surface area contributed by atoms with Crippen molar-refractivity contribution in [2.45, 2.75) is 82.4 Å². The molecule has 5 N–H and O–H groups in total. The van der Waals surface area contributed by atoms with Gasteiger partial charge in [-0.15, -0.1) is 4.40 Å². The molecule has 5 rings (SSSR count). The van der Waals surface area contributed by atoms with Crippen LogP contribution in [0.2, 0.25) is 0 Å². The Morgan fingerprint density at radius 3 is 1.66 bits per heavy atom. The molecule has 19 heteroatoms. The number of hydrogen-bond donors (Lipinski definition) is 5. The van der Waals surface area contributed by atoms with E-state index in [1.807, 2.05) is 0 Å². The van der Waals surface area contributed by atoms with Crippen molar-refractivity contribution in [3.05, 3.63) is 48.0 Å². The summed E-state index contributed by atoms with van der Waals surface area (Å²) in [5, 5.41) is 13.7. The number of likely N-dealkylation sites (tertiary alicyclic amines) is 2. The van der Waals surface area contributed by atoms with E-state index in [9.17, 15) is 37.2 Å². The molecule has 0 bridgehead atoms. The highest BCUT2D eigenvalue weighted by molar-refractivity contribution is 7.90. The Morgan fingerprint density at radius 2 is 1.20 bits per heavy atom. The minimum Gasteiger partial charge on any atom is -0.453 e. The minimum atomic E-state index is -4.24. The van der Waals surface area contributed by atoms with E-state index in [0.29, 0.717) is 50.0 Å². The number of nitrogens with zero attached hydrogens (tertiary/aromatic N) is 3. The lowest BCUT2D eigenvalue weighted by Gasteiger charge is -2.30. The molecule has 3 aliphatic rings. The van der Waals surface area contributed by atoms with E-state index < -0.39 is 64.1 Å². The molecule has 6 amide bonds. The highest BCUT2D eigenvalue weighted by Crippen LogP contribution is 2.32. The number of amidine groups is 1. The zero-order chi connectivity index (χ0) is 40.9. The number of alkyl carbamates (subject to hydrolysis) is 2. The number of carbonyl (C=O) groups is 6. The van der Waals surface area contributed by atoms with Gasteiger partial charge in [0.1, 0.15) is 29.1 Å². The summed E-state index contributed by atoms with van der Waals surface area (Å²) in [5.41, 5.74) is 1.23. The van der Waals surface area contributed by atoms with Crippen molar-refractivity contribution in [1.29, 1.82) is 0 Å². The van der Waals surface area contributed by atoms with Crippen LogP contribution in [0.15, 0.2) is 51.8 Å². The third-order valence-electron chi connectivity index (χ3n) is 9.88. The van der Waals surface area contributed by atoms with Crippen LogP contribution in [0, 0.1) is 11.8 Å². The van der Waals surface area contributed by atoms with Crippen molar-refractivity contribution in [2.75, 3.05) is 43.3 Å². The van der Waals surface area contributed by atoms with Crippen molar-refractivity contribution in [3.63, 3.8) is 0 Å². The molecule has 0 unspecified atom stereocenters. The highest BCUT2D eigenvalue weighted by atomic mass is 32.2. The van der Waals surface area contributed by atoms with Crippen molar-refractivity contribution >= 4 is 68.7 Å². The molecule has 56 heavy (non-hydrogen) atoms. The quantitative estimate of drug-likeness (QED) is 0.222. The predicted molar refractivity (Wildman–Crippen MR) is 205 cm³/mol. The van der Waals surface area contributed by atoms with Crippen molar-refractivity contribution in [1.82, 2.24) is 20.4 Å². The molecule has 3 aliphatic heterocycles. The summed E-state index contributed by atoms with van der Waals surface area (Å²) in [6.45, 7) is 7.77. The van der Waals surface area contributed by atoms with Gasteiger partial charge in [0.15, 0.2) is 5.84 Å². The molecule has 0 aromatic heterocycles. The van der Waals surface area contributed by atoms with E-state index in [0.717, 1.165) is 0 Å². The Kier molecular flexibility index (Phi) is 12.9. The molecular weight excluding hydrogens is 749 g/mol. The number of benzene rings is 2. The fourth-order valence-electron chi connectivity index (χ4n) is 6.89. The smallest absolute Gasteiger partial charge is 0.407 e. The highest BCUT2D eigenvalue weighted by Gasteiger charge is 2.40. The number of amides is 6. The second-order valence-electron chi connectivity index (χ2n) is 14.4. The summed E-state index contributed by atoms with van der Waals surface area (Å²) < 4.78 is 40.1. The third-order valence-corrected chi connectivity index (χ3v) is 11.2. The SMILES string of the molecule is COC(=O)N[C@H](C(=O)N1CCC[C@H]1C(=O)Nc1ccc(C2=NS(=O)(=O)c3cc(NC(=O)[C@@H]4CCCN4C(=O)[C@@H](NC(=O)OC)C(C)C)ccc3N2)cc1)C(C)C. The Bertz CT molecular complexity index is 2000. The van der Waals surface area contributed by atoms with E-state index in [1.165, 1.54) is 42.2 Å². The van der Waals surface area contributed by atoms with Crippen LogP contribution in [0.4, 0.5) is 26.7 Å². The lowest BCUT2D eigenvalue weighted by Crippen LogP contribution is -2.54. The molecule has 18 nitrogen and oxygen atoms in total. The fraction of sp³-hybridized carbons (Fsp3) is 0.486. The average molecular weight is 797 g/mol. The number of nitrogens with one attached hydrogen (secondary N) is 5. The number of anilines is 3. The Labute approximate surface area is 325 Å². The average Bonchev–Trinajstić information content (AvgIpc) is 3.86. The lowest BCUT2D eigenvalue weighted by molar-refractivity contribution is -0.139. The molecule has 0 saturated carbocycles. The summed E-state index contributed by atoms with van der Waals surface area (Å²) >= 11 is 0. The van der Waals surface area contributed by atoms with E-state index in [-0.39, 0.29) is 39.8 Å². The summed E-state index contributed by atoms with van der Waals surface area (Å²) in [6.07, 6.45) is 0.498. The van der Waals surface area contributed by atoms with Gasteiger partial charge in [-0.3, -0.25) is 19.2 Å². The molecule has 2 saturated heterocycles. The maximum atomic E-state index is 13.4. The van der Waals surface area contributed by atoms with E-state index in [1.54, 1.807) is 52.0 Å². The lowest BCUT2D eigenvalue weighted by atomic mass is 10.0. The molecule has 0 radical (unpaired) electrons. The number of fused-ring (bicyclic) bond motifs is 1. The van der Waals surface area contributed by atoms with Gasteiger partial charge in [-0.05, 0) is 80.0 Å². The fourth-order valence-corrected chi connectivity index (χ4v) is 8.05. The third kappa shape index (κ3) is 9.21. The van der Waals surface area contributed by atoms with E-state index in [2.05, 4.69) is 40.5 Å². The Morgan fingerprint density at radius 1 is 0.732 bits per heavy atom. The summed E-state index contributed by atoms with van der Waals surface area (Å²) in [7, 11) is -1.83. The maximum absolute atomic E-state index is 13.4. The summed E-state index contributed by atoms with van der Waals surface area (Å²) in [4.78, 5) is 79.9. The van der Waals surface area contributed by atoms with Gasteiger partial charge in [-0.2, -0.15) is 8.42 Å². The number of sulfonamides is 1. The van der Waals surface area contributed by atoms with Crippen LogP contribution in [0.1, 0.15) is 58.9 Å². The van der Waals surface area contributed by atoms with Crippen LogP contribution in [0.3, 0.4) is 0 Å². The largest absolute Gasteiger partial charge is 0.453 e. The van der Waals surface area contributed by atoms with Crippen molar-refractivity contribution in [3.8, 4) is 0 Å². The summed E-state index contributed by atoms with van der Waals surface area (Å²) in [5.74, 6) is -2.19. The maximum Gasteiger partial charge on any atom is 0.407 e. The van der Waals surface area contributed by atoms with Gasteiger partial charge in [0, 0.05) is 30.0 Å². The molecule has 2 aromatic carbocycles. The number of hydrogen-bond acceptors (Lipinski definition) is 11. The first-order chi connectivity index (χ1) is 26.5. The first-order valence-electron chi connectivity index (χ1n) is 18.3. The van der Waals surface area contributed by atoms with Crippen LogP contribution in [-0.2, 0) is 38.7 Å². The van der Waals surface area contributed by atoms with Crippen molar-refractivity contribution in [2.24, 2.45) is 16.2 Å². The molecule has 3 heterocycles. The molecular formula is C37H48N8O10S. The van der Waals surface area contributed by atoms with Crippen LogP contribution in [-0.4, -0.2) is 111 Å². The Hall–Kier alpha value is -5.72. The van der Waals surface area contributed by atoms with Crippen molar-refractivity contribution < 1.29 is 46.7 Å². The van der Waals surface area contributed by atoms with Crippen LogP contribution in [0.5, 0.6) is 0 Å². The number of carbonyl (C=O) groups excluding carboxylic acids is 6. The summed E-state index contributed by atoms with van der Waals surface area (Å²) in [6, 6.07) is 7.30. The normalized spacial score (nSPS) is 19.5. The zero-order valence-electron chi connectivity index (χ0n) is 32.1. The first-order valence-corrected chi connectivity index (χ1v) is 19.8. The molecule has 0 aliphatic carbocycles. The Balaban J connectivity index is 1.23. The molecule has 302 valence electrons. The number of methoxy groups -OCH3 is 2. The van der Waals surface area contributed by atoms with E-state index in [4.69, 9.17) is 0 Å². The number of ether oxygens (including phenoxy) is 2. The minimum absolute atomic E-state index is 0.0398. The number of rotatable bonds is 11. The van der Waals surface area contributed by atoms with Gasteiger partial charge in [-0.1, -0.05) is 27.7 Å². The van der Waals surface area contributed by atoms with E-state index >= 15 is 0 Å². The van der Waals surface area contributed by atoms with Crippen LogP contribution in [0.25, 0.3) is 0 Å². The van der Waals surface area contributed by atoms with Gasteiger partial charge in [0.2, 0.25) is 23.6 Å². The topological polar surface area (TPSA) is 234 Å². The van der Waals surface area contributed by atoms with Gasteiger partial charge in [0.25, 0.3) is 10.0 Å². The predicted octanol–water partition coefficient (Wildman–Crippen LogP) is 2.87. The van der Waals surface area contributed by atoms with Gasteiger partial charge in [-0.25, -0.2) is 9.59 Å². The van der Waals surface area contributed by atoms with Gasteiger partial charge in [0.05, 0.1) is 19.9 Å². The zero-order valence-corrected chi connectivity index (χ0v) is 32.9. The van der Waals surface area contributed by atoms with Gasteiger partial charge < -0.3 is 45.9 Å². The monoisotopic (exact) mass is 796 g/mol. The van der Waals surface area contributed by atoms with Crippen LogP contribution < -0.4 is 26.6 Å². The first kappa shape index (κ1) is 41.4. The second-order valence-corrected chi connectivity index (χ2v) is 16.0. The van der Waals surface area contributed by atoms with Gasteiger partial charge >= 0.3 is 12.2 Å². The molecule has 0 spiro atoms.